The molecule has 1 heterocycles. The van der Waals surface area contributed by atoms with Crippen molar-refractivity contribution in [1.82, 2.24) is 15.1 Å². The van der Waals surface area contributed by atoms with E-state index in [2.05, 4.69) is 62.2 Å². The van der Waals surface area contributed by atoms with Crippen molar-refractivity contribution >= 4 is 23.5 Å². The molecule has 0 unspecified atom stereocenters. The number of ether oxygens (including phenoxy) is 1. The molecule has 8 heteroatoms. The Morgan fingerprint density at radius 2 is 1.34 bits per heavy atom. The van der Waals surface area contributed by atoms with Gasteiger partial charge in [-0.1, -0.05) is 91.0 Å². The van der Waals surface area contributed by atoms with E-state index >= 15 is 0 Å². The third-order valence-electron chi connectivity index (χ3n) is 5.72. The Morgan fingerprint density at radius 1 is 0.857 bits per heavy atom. The standard InChI is InChI=1S/C27H27N5O3/c1-32-25(23(18-29-32)30-24(33)19-28-26(34)35-2)31-27(20-12-6-3-7-13-20,21-14-8-4-9-15-21)22-16-10-5-11-17-22/h3-18,31H,19H2,1-2H3,(H,28,34)(H,30,33). The van der Waals surface area contributed by atoms with Gasteiger partial charge in [0.05, 0.1) is 13.3 Å². The number of aryl methyl sites for hydroxylation is 1. The third kappa shape index (κ3) is 5.01. The van der Waals surface area contributed by atoms with Gasteiger partial charge in [-0.25, -0.2) is 4.79 Å². The summed E-state index contributed by atoms with van der Waals surface area (Å²) in [6.07, 6.45) is 0.894. The molecule has 3 aromatic carbocycles. The van der Waals surface area contributed by atoms with Gasteiger partial charge in [-0.2, -0.15) is 5.10 Å². The summed E-state index contributed by atoms with van der Waals surface area (Å²) in [5.41, 5.74) is 2.74. The number of alkyl carbamates (subject to hydrolysis) is 1. The molecule has 0 aliphatic carbocycles. The number of amides is 2. The lowest BCUT2D eigenvalue weighted by atomic mass is 9.77. The van der Waals surface area contributed by atoms with Crippen LogP contribution in [0.5, 0.6) is 0 Å². The quantitative estimate of drug-likeness (QED) is 0.337. The molecule has 0 bridgehead atoms. The number of carbonyl (C=O) groups is 2. The minimum atomic E-state index is -0.790. The number of benzene rings is 3. The normalized spacial score (nSPS) is 10.9. The van der Waals surface area contributed by atoms with Crippen molar-refractivity contribution in [2.75, 3.05) is 24.3 Å². The first kappa shape index (κ1) is 23.6. The lowest BCUT2D eigenvalue weighted by Gasteiger charge is -2.38. The Labute approximate surface area is 203 Å². The van der Waals surface area contributed by atoms with Crippen LogP contribution in [-0.2, 0) is 22.1 Å². The average molecular weight is 470 g/mol. The van der Waals surface area contributed by atoms with Crippen LogP contribution in [0.1, 0.15) is 16.7 Å². The summed E-state index contributed by atoms with van der Waals surface area (Å²) >= 11 is 0. The molecule has 0 radical (unpaired) electrons. The Bertz CT molecular complexity index is 1180. The van der Waals surface area contributed by atoms with Crippen LogP contribution in [0.3, 0.4) is 0 Å². The van der Waals surface area contributed by atoms with Gasteiger partial charge < -0.3 is 20.7 Å². The Hall–Kier alpha value is -4.59. The summed E-state index contributed by atoms with van der Waals surface area (Å²) in [7, 11) is 3.04. The molecule has 0 spiro atoms. The van der Waals surface area contributed by atoms with Crippen LogP contribution in [0, 0.1) is 0 Å². The van der Waals surface area contributed by atoms with Crippen LogP contribution in [0.2, 0.25) is 0 Å². The molecule has 0 aliphatic heterocycles. The zero-order valence-electron chi connectivity index (χ0n) is 19.6. The second kappa shape index (κ2) is 10.6. The van der Waals surface area contributed by atoms with E-state index in [-0.39, 0.29) is 6.54 Å². The summed E-state index contributed by atoms with van der Waals surface area (Å²) in [5.74, 6) is 0.198. The number of aromatic nitrogens is 2. The average Bonchev–Trinajstić information content (AvgIpc) is 3.25. The maximum Gasteiger partial charge on any atom is 0.407 e. The van der Waals surface area contributed by atoms with Gasteiger partial charge in [0.15, 0.2) is 0 Å². The molecule has 4 rings (SSSR count). The second-order valence-corrected chi connectivity index (χ2v) is 7.90. The molecular weight excluding hydrogens is 442 g/mol. The highest BCUT2D eigenvalue weighted by Crippen LogP contribution is 2.41. The lowest BCUT2D eigenvalue weighted by Crippen LogP contribution is -2.39. The Balaban J connectivity index is 1.81. The van der Waals surface area contributed by atoms with E-state index in [1.165, 1.54) is 7.11 Å². The van der Waals surface area contributed by atoms with Gasteiger partial charge in [-0.3, -0.25) is 9.48 Å². The molecule has 0 aliphatic rings. The molecule has 4 aromatic rings. The first-order valence-corrected chi connectivity index (χ1v) is 11.1. The smallest absolute Gasteiger partial charge is 0.407 e. The lowest BCUT2D eigenvalue weighted by molar-refractivity contribution is -0.115. The van der Waals surface area contributed by atoms with Crippen LogP contribution in [0.4, 0.5) is 16.3 Å². The maximum atomic E-state index is 12.5. The number of methoxy groups -OCH3 is 1. The molecule has 3 N–H and O–H groups in total. The molecular formula is C27H27N5O3. The summed E-state index contributed by atoms with van der Waals surface area (Å²) in [5, 5.41) is 13.3. The highest BCUT2D eigenvalue weighted by molar-refractivity contribution is 5.96. The van der Waals surface area contributed by atoms with Crippen molar-refractivity contribution in [2.24, 2.45) is 7.05 Å². The second-order valence-electron chi connectivity index (χ2n) is 7.90. The first-order chi connectivity index (χ1) is 17.0. The maximum absolute atomic E-state index is 12.5. The highest BCUT2D eigenvalue weighted by atomic mass is 16.5. The zero-order chi connectivity index (χ0) is 24.7. The predicted octanol–water partition coefficient (Wildman–Crippen LogP) is 4.12. The van der Waals surface area contributed by atoms with E-state index in [9.17, 15) is 9.59 Å². The first-order valence-electron chi connectivity index (χ1n) is 11.1. The number of nitrogens with one attached hydrogen (secondary N) is 3. The molecule has 0 fully saturated rings. The van der Waals surface area contributed by atoms with Crippen LogP contribution >= 0.6 is 0 Å². The summed E-state index contributed by atoms with van der Waals surface area (Å²) in [6, 6.07) is 30.4. The molecule has 0 atom stereocenters. The predicted molar refractivity (Wildman–Crippen MR) is 135 cm³/mol. The number of nitrogens with zero attached hydrogens (tertiary/aromatic N) is 2. The van der Waals surface area contributed by atoms with Gasteiger partial charge in [0.25, 0.3) is 0 Å². The Kier molecular flexibility index (Phi) is 7.11. The summed E-state index contributed by atoms with van der Waals surface area (Å²) in [6.45, 7) is -0.234. The van der Waals surface area contributed by atoms with Crippen molar-refractivity contribution in [3.05, 3.63) is 114 Å². The van der Waals surface area contributed by atoms with Crippen LogP contribution in [-0.4, -0.2) is 35.4 Å². The van der Waals surface area contributed by atoms with Crippen molar-refractivity contribution < 1.29 is 14.3 Å². The molecule has 8 nitrogen and oxygen atoms in total. The minimum absolute atomic E-state index is 0.234. The molecule has 35 heavy (non-hydrogen) atoms. The van der Waals surface area contributed by atoms with Gasteiger partial charge in [0, 0.05) is 7.05 Å². The summed E-state index contributed by atoms with van der Waals surface area (Å²) in [4.78, 5) is 23.9. The molecule has 1 aromatic heterocycles. The van der Waals surface area contributed by atoms with Gasteiger partial charge in [-0.15, -0.1) is 0 Å². The van der Waals surface area contributed by atoms with Crippen LogP contribution in [0.15, 0.2) is 97.2 Å². The third-order valence-corrected chi connectivity index (χ3v) is 5.72. The molecule has 178 valence electrons. The van der Waals surface area contributed by atoms with Crippen molar-refractivity contribution in [3.8, 4) is 0 Å². The minimum Gasteiger partial charge on any atom is -0.453 e. The zero-order valence-corrected chi connectivity index (χ0v) is 19.6. The fraction of sp³-hybridized carbons (Fsp3) is 0.148. The number of hydrogen-bond acceptors (Lipinski definition) is 5. The monoisotopic (exact) mass is 469 g/mol. The van der Waals surface area contributed by atoms with E-state index in [0.717, 1.165) is 16.7 Å². The molecule has 2 amide bonds. The summed E-state index contributed by atoms with van der Waals surface area (Å²) < 4.78 is 6.21. The van der Waals surface area contributed by atoms with E-state index in [1.807, 2.05) is 54.6 Å². The largest absolute Gasteiger partial charge is 0.453 e. The van der Waals surface area contributed by atoms with E-state index in [1.54, 1.807) is 17.9 Å². The van der Waals surface area contributed by atoms with Crippen molar-refractivity contribution in [2.45, 2.75) is 5.54 Å². The van der Waals surface area contributed by atoms with E-state index in [4.69, 9.17) is 0 Å². The highest BCUT2D eigenvalue weighted by Gasteiger charge is 2.37. The molecule has 0 saturated carbocycles. The fourth-order valence-electron chi connectivity index (χ4n) is 4.05. The van der Waals surface area contributed by atoms with Crippen molar-refractivity contribution in [3.63, 3.8) is 0 Å². The number of rotatable bonds is 8. The number of anilines is 2. The number of hydrogen-bond donors (Lipinski definition) is 3. The van der Waals surface area contributed by atoms with Gasteiger partial charge >= 0.3 is 6.09 Å². The fourth-order valence-corrected chi connectivity index (χ4v) is 4.05. The van der Waals surface area contributed by atoms with Gasteiger partial charge in [-0.05, 0) is 16.7 Å². The van der Waals surface area contributed by atoms with E-state index in [0.29, 0.717) is 11.5 Å². The number of carbonyl (C=O) groups excluding carboxylic acids is 2. The van der Waals surface area contributed by atoms with Crippen LogP contribution in [0.25, 0.3) is 0 Å². The van der Waals surface area contributed by atoms with Crippen molar-refractivity contribution in [1.29, 1.82) is 0 Å². The van der Waals surface area contributed by atoms with Gasteiger partial charge in [0.1, 0.15) is 23.6 Å². The van der Waals surface area contributed by atoms with Crippen LogP contribution < -0.4 is 16.0 Å². The molecule has 0 saturated heterocycles. The van der Waals surface area contributed by atoms with Gasteiger partial charge in [0.2, 0.25) is 5.91 Å². The topological polar surface area (TPSA) is 97.3 Å². The SMILES string of the molecule is COC(=O)NCC(=O)Nc1cnn(C)c1NC(c1ccccc1)(c1ccccc1)c1ccccc1. The Morgan fingerprint density at radius 3 is 1.80 bits per heavy atom. The van der Waals surface area contributed by atoms with E-state index < -0.39 is 17.5 Å².